The summed E-state index contributed by atoms with van der Waals surface area (Å²) in [4.78, 5) is 12.1. The number of hydrogen-bond acceptors (Lipinski definition) is 5. The normalized spacial score (nSPS) is 11.8. The molecule has 0 aliphatic carbocycles. The van der Waals surface area contributed by atoms with Crippen LogP contribution in [0.15, 0.2) is 188 Å². The highest BCUT2D eigenvalue weighted by Crippen LogP contribution is 2.42. The fraction of sp³-hybridized carbons (Fsp3) is 0.239. The van der Waals surface area contributed by atoms with E-state index < -0.39 is 0 Å². The van der Waals surface area contributed by atoms with Crippen LogP contribution in [0.25, 0.3) is 94.4 Å². The maximum Gasteiger partial charge on any atom is 0.150 e. The third-order valence-electron chi connectivity index (χ3n) is 15.0. The summed E-state index contributed by atoms with van der Waals surface area (Å²) < 4.78 is 9.76. The number of pyridine rings is 2. The number of hydrogen-bond donors (Lipinski definition) is 0. The molecule has 10 heteroatoms. The lowest BCUT2D eigenvalue weighted by atomic mass is 9.79. The zero-order chi connectivity index (χ0) is 57.2. The number of fused-ring (bicyclic) bond motifs is 3. The monoisotopic (exact) mass is 1320 g/mol. The van der Waals surface area contributed by atoms with E-state index in [1.807, 2.05) is 12.1 Å². The van der Waals surface area contributed by atoms with Crippen molar-refractivity contribution >= 4 is 96.6 Å². The summed E-state index contributed by atoms with van der Waals surface area (Å²) in [7, 11) is 1.71. The van der Waals surface area contributed by atoms with Crippen molar-refractivity contribution in [2.45, 2.75) is 105 Å². The van der Waals surface area contributed by atoms with Gasteiger partial charge in [0.1, 0.15) is 22.5 Å². The topological polar surface area (TPSA) is 65.7 Å². The number of unbranched alkanes of at least 4 members (excludes halogenated alkanes) is 2. The summed E-state index contributed by atoms with van der Waals surface area (Å²) in [6.07, 6.45) is 7.00. The summed E-state index contributed by atoms with van der Waals surface area (Å²) in [5.41, 5.74) is 20.7. The molecule has 410 valence electrons. The number of methoxy groups -OCH3 is 1. The molecule has 0 radical (unpaired) electrons. The fourth-order valence-electron chi connectivity index (χ4n) is 10.4. The zero-order valence-electron chi connectivity index (χ0n) is 47.6. The van der Waals surface area contributed by atoms with Crippen molar-refractivity contribution in [3.8, 4) is 67.3 Å². The molecule has 8 aromatic carbocycles. The Kier molecular flexibility index (Phi) is 17.6. The molecule has 0 unspecified atom stereocenters. The van der Waals surface area contributed by atoms with Crippen LogP contribution in [0.3, 0.4) is 0 Å². The predicted octanol–water partition coefficient (Wildman–Crippen LogP) is 21.9. The summed E-state index contributed by atoms with van der Waals surface area (Å²) >= 11 is 14.5. The van der Waals surface area contributed by atoms with Gasteiger partial charge >= 0.3 is 0 Å². The molecule has 0 bridgehead atoms. The molecule has 0 aliphatic rings. The molecule has 0 saturated heterocycles. The SMILES string of the molecule is CCCCc1ccc(-c2cc(-c3cccc(Br)c3)nc3ccc(-c4ccc5nc(-c6cccc(Br)c6)cc(-c6ccc(CCCC)cc6)c5c4)cc23)cc1.COc1c(-n2nc3c(Br)ccc(Br)c3n2)cc(C(C)(C)C)cc1C(C)(C)C. The number of nitrogens with zero attached hydrogens (tertiary/aromatic N) is 5. The third-order valence-corrected chi connectivity index (χ3v) is 17.2. The maximum absolute atomic E-state index is 5.86. The van der Waals surface area contributed by atoms with Crippen LogP contribution in [0.5, 0.6) is 5.75 Å². The first-order valence-electron chi connectivity index (χ1n) is 27.9. The van der Waals surface area contributed by atoms with Crippen LogP contribution in [0.4, 0.5) is 0 Å². The maximum atomic E-state index is 5.86. The molecular weight excluding hydrogens is 1260 g/mol. The van der Waals surface area contributed by atoms with Crippen LogP contribution in [0.1, 0.15) is 103 Å². The summed E-state index contributed by atoms with van der Waals surface area (Å²) in [6.45, 7) is 17.7. The van der Waals surface area contributed by atoms with E-state index in [1.165, 1.54) is 64.6 Å². The molecule has 81 heavy (non-hydrogen) atoms. The molecule has 11 aromatic rings. The van der Waals surface area contributed by atoms with Crippen molar-refractivity contribution in [3.63, 3.8) is 0 Å². The van der Waals surface area contributed by atoms with Gasteiger partial charge in [-0.05, 0) is 197 Å². The van der Waals surface area contributed by atoms with Gasteiger partial charge in [-0.3, -0.25) is 0 Å². The third kappa shape index (κ3) is 13.0. The van der Waals surface area contributed by atoms with Crippen LogP contribution >= 0.6 is 63.7 Å². The number of halogens is 4. The molecule has 3 aromatic heterocycles. The van der Waals surface area contributed by atoms with Crippen LogP contribution < -0.4 is 4.74 Å². The van der Waals surface area contributed by atoms with E-state index in [4.69, 9.17) is 24.9 Å². The number of aromatic nitrogens is 5. The number of ether oxygens (including phenoxy) is 1. The number of rotatable bonds is 13. The van der Waals surface area contributed by atoms with Gasteiger partial charge in [-0.1, -0.05) is 191 Å². The van der Waals surface area contributed by atoms with Crippen LogP contribution in [0.2, 0.25) is 0 Å². The van der Waals surface area contributed by atoms with Gasteiger partial charge < -0.3 is 4.74 Å². The Morgan fingerprint density at radius 1 is 0.457 bits per heavy atom. The second kappa shape index (κ2) is 24.7. The van der Waals surface area contributed by atoms with Gasteiger partial charge in [0.15, 0.2) is 0 Å². The highest BCUT2D eigenvalue weighted by atomic mass is 79.9. The summed E-state index contributed by atoms with van der Waals surface area (Å²) in [5.74, 6) is 0.808. The van der Waals surface area contributed by atoms with Gasteiger partial charge in [-0.25, -0.2) is 9.97 Å². The van der Waals surface area contributed by atoms with Gasteiger partial charge in [-0.15, -0.1) is 15.0 Å². The Morgan fingerprint density at radius 3 is 1.30 bits per heavy atom. The van der Waals surface area contributed by atoms with E-state index in [-0.39, 0.29) is 10.8 Å². The average molecular weight is 1330 g/mol. The smallest absolute Gasteiger partial charge is 0.150 e. The quantitative estimate of drug-likeness (QED) is 0.115. The molecule has 11 rings (SSSR count). The fourth-order valence-corrected chi connectivity index (χ4v) is 11.9. The van der Waals surface area contributed by atoms with E-state index in [0.29, 0.717) is 0 Å². The van der Waals surface area contributed by atoms with Crippen LogP contribution in [0, 0.1) is 0 Å². The van der Waals surface area contributed by atoms with E-state index in [2.05, 4.69) is 277 Å². The molecule has 3 heterocycles. The van der Waals surface area contributed by atoms with Gasteiger partial charge in [0.05, 0.1) is 29.5 Å². The minimum atomic E-state index is -0.0743. The second-order valence-electron chi connectivity index (χ2n) is 23.0. The van der Waals surface area contributed by atoms with Crippen molar-refractivity contribution < 1.29 is 4.74 Å². The first-order valence-corrected chi connectivity index (χ1v) is 31.1. The lowest BCUT2D eigenvalue weighted by molar-refractivity contribution is 0.392. The van der Waals surface area contributed by atoms with Gasteiger partial charge in [0.25, 0.3) is 0 Å². The summed E-state index contributed by atoms with van der Waals surface area (Å²) in [5, 5.41) is 11.8. The largest absolute Gasteiger partial charge is 0.494 e. The Hall–Kier alpha value is -6.30. The molecule has 0 fully saturated rings. The standard InChI is InChI=1S/C50H42Br2N2.C21H25Br2N3O/c1-3-5-9-33-15-19-35(20-16-33)43-31-49(39-11-7-13-41(51)27-39)53-47-25-23-37(29-45(43)47)38-24-26-48-46(30-38)44(36-21-17-34(18-22-36)10-6-4-2)32-50(54-48)40-12-8-14-42(52)28-40;1-20(2,3)12-10-13(21(4,5)6)19(27-7)16(11-12)26-24-17-14(22)8-9-15(23)18(17)25-26/h7-8,11-32H,3-6,9-10H2,1-2H3;8-11H,1-7H3. The Labute approximate surface area is 511 Å². The average Bonchev–Trinajstić information content (AvgIpc) is 3.99. The van der Waals surface area contributed by atoms with Gasteiger partial charge in [0, 0.05) is 45.4 Å². The van der Waals surface area contributed by atoms with Crippen LogP contribution in [-0.2, 0) is 23.7 Å². The molecule has 0 saturated carbocycles. The second-order valence-corrected chi connectivity index (χ2v) is 26.5. The predicted molar refractivity (Wildman–Crippen MR) is 355 cm³/mol. The molecule has 0 spiro atoms. The Balaban J connectivity index is 0.000000229. The lowest BCUT2D eigenvalue weighted by Gasteiger charge is -2.28. The van der Waals surface area contributed by atoms with E-state index in [0.717, 1.165) is 114 Å². The molecule has 0 N–H and O–H groups in total. The highest BCUT2D eigenvalue weighted by molar-refractivity contribution is 9.11. The van der Waals surface area contributed by atoms with Crippen molar-refractivity contribution in [2.75, 3.05) is 7.11 Å². The van der Waals surface area contributed by atoms with Crippen molar-refractivity contribution in [3.05, 3.63) is 210 Å². The van der Waals surface area contributed by atoms with Crippen LogP contribution in [-0.4, -0.2) is 32.1 Å². The number of benzene rings is 8. The zero-order valence-corrected chi connectivity index (χ0v) is 53.9. The van der Waals surface area contributed by atoms with E-state index in [9.17, 15) is 0 Å². The van der Waals surface area contributed by atoms with E-state index >= 15 is 0 Å². The number of aryl methyl sites for hydroxylation is 2. The molecule has 0 amide bonds. The summed E-state index contributed by atoms with van der Waals surface area (Å²) in [6, 6.07) is 61.3. The molecular formula is C71H67Br4N5O. The first-order chi connectivity index (χ1) is 38.9. The lowest BCUT2D eigenvalue weighted by Crippen LogP contribution is -2.19. The van der Waals surface area contributed by atoms with Crippen molar-refractivity contribution in [2.24, 2.45) is 0 Å². The van der Waals surface area contributed by atoms with E-state index in [1.54, 1.807) is 11.9 Å². The molecule has 0 aliphatic heterocycles. The van der Waals surface area contributed by atoms with Crippen molar-refractivity contribution in [1.82, 2.24) is 25.0 Å². The minimum Gasteiger partial charge on any atom is -0.494 e. The molecule has 6 nitrogen and oxygen atoms in total. The van der Waals surface area contributed by atoms with Gasteiger partial charge in [-0.2, -0.15) is 0 Å². The minimum absolute atomic E-state index is 0.00519. The van der Waals surface area contributed by atoms with Gasteiger partial charge in [0.2, 0.25) is 0 Å². The Morgan fingerprint density at radius 2 is 0.901 bits per heavy atom. The molecule has 0 atom stereocenters. The van der Waals surface area contributed by atoms with Crippen molar-refractivity contribution in [1.29, 1.82) is 0 Å². The highest BCUT2D eigenvalue weighted by Gasteiger charge is 2.28. The first kappa shape index (κ1) is 57.9. The Bertz CT molecular complexity index is 3860.